The Hall–Kier alpha value is -1.10. The zero-order valence-electron chi connectivity index (χ0n) is 6.29. The van der Waals surface area contributed by atoms with Gasteiger partial charge in [-0.15, -0.1) is 0 Å². The average molecular weight is 161 g/mol. The molecule has 2 N–H and O–H groups in total. The maximum Gasteiger partial charge on any atom is 0.324 e. The fourth-order valence-electron chi connectivity index (χ4n) is 0.549. The smallest absolute Gasteiger partial charge is 0.324 e. The summed E-state index contributed by atoms with van der Waals surface area (Å²) < 4.78 is 0. The van der Waals surface area contributed by atoms with Gasteiger partial charge in [-0.2, -0.15) is 5.48 Å². The van der Waals surface area contributed by atoms with Gasteiger partial charge in [-0.3, -0.25) is 9.59 Å². The van der Waals surface area contributed by atoms with Gasteiger partial charge in [0.2, 0.25) is 0 Å². The number of hydrogen-bond acceptors (Lipinski definition) is 4. The number of hydrogen-bond donors (Lipinski definition) is 2. The molecule has 0 fully saturated rings. The van der Waals surface area contributed by atoms with E-state index in [1.54, 1.807) is 0 Å². The normalized spacial score (nSPS) is 9.18. The number of nitrogens with one attached hydrogen (secondary N) is 1. The summed E-state index contributed by atoms with van der Waals surface area (Å²) in [7, 11) is 1.47. The minimum Gasteiger partial charge on any atom is -0.481 e. The summed E-state index contributed by atoms with van der Waals surface area (Å²) in [5.74, 6) is -1.34. The summed E-state index contributed by atoms with van der Waals surface area (Å²) >= 11 is 0. The number of aliphatic carboxylic acids is 1. The molecule has 0 saturated heterocycles. The first-order valence-electron chi connectivity index (χ1n) is 3.25. The molecule has 5 heteroatoms. The molecule has 0 aromatic rings. The van der Waals surface area contributed by atoms with Crippen molar-refractivity contribution in [2.75, 3.05) is 7.05 Å². The number of hydroxylamine groups is 1. The van der Waals surface area contributed by atoms with Gasteiger partial charge >= 0.3 is 11.9 Å². The molecule has 0 saturated carbocycles. The summed E-state index contributed by atoms with van der Waals surface area (Å²) in [6.45, 7) is 0. The summed E-state index contributed by atoms with van der Waals surface area (Å²) in [6, 6.07) is 0. The fraction of sp³-hybridized carbons (Fsp3) is 0.667. The van der Waals surface area contributed by atoms with Crippen LogP contribution in [0.15, 0.2) is 0 Å². The van der Waals surface area contributed by atoms with Gasteiger partial charge in [0.15, 0.2) is 0 Å². The van der Waals surface area contributed by atoms with E-state index in [2.05, 4.69) is 10.3 Å². The van der Waals surface area contributed by atoms with Crippen molar-refractivity contribution < 1.29 is 19.5 Å². The van der Waals surface area contributed by atoms with Crippen molar-refractivity contribution in [1.29, 1.82) is 0 Å². The SMILES string of the molecule is CNOC(=O)CCCC(=O)O. The van der Waals surface area contributed by atoms with Gasteiger partial charge in [0.25, 0.3) is 0 Å². The predicted octanol–water partition coefficient (Wildman–Crippen LogP) is -0.0811. The number of carboxylic acids is 1. The van der Waals surface area contributed by atoms with Crippen LogP contribution in [0, 0.1) is 0 Å². The maximum atomic E-state index is 10.5. The number of rotatable bonds is 5. The predicted molar refractivity (Wildman–Crippen MR) is 36.6 cm³/mol. The van der Waals surface area contributed by atoms with Crippen LogP contribution in [0.2, 0.25) is 0 Å². The molecule has 0 aromatic carbocycles. The summed E-state index contributed by atoms with van der Waals surface area (Å²) in [6.07, 6.45) is 0.446. The quantitative estimate of drug-likeness (QED) is 0.551. The summed E-state index contributed by atoms with van der Waals surface area (Å²) in [5, 5.41) is 8.19. The van der Waals surface area contributed by atoms with Crippen LogP contribution in [0.4, 0.5) is 0 Å². The molecule has 0 aromatic heterocycles. The van der Waals surface area contributed by atoms with Crippen molar-refractivity contribution in [3.8, 4) is 0 Å². The topological polar surface area (TPSA) is 75.6 Å². The Morgan fingerprint density at radius 3 is 2.55 bits per heavy atom. The van der Waals surface area contributed by atoms with Crippen molar-refractivity contribution >= 4 is 11.9 Å². The molecular formula is C6H11NO4. The lowest BCUT2D eigenvalue weighted by Gasteiger charge is -1.98. The van der Waals surface area contributed by atoms with Gasteiger partial charge in [-0.25, -0.2) is 0 Å². The van der Waals surface area contributed by atoms with E-state index in [0.717, 1.165) is 0 Å². The van der Waals surface area contributed by atoms with E-state index in [-0.39, 0.29) is 12.8 Å². The largest absolute Gasteiger partial charge is 0.481 e. The second-order valence-corrected chi connectivity index (χ2v) is 1.93. The van der Waals surface area contributed by atoms with Crippen LogP contribution in [-0.4, -0.2) is 24.1 Å². The second-order valence-electron chi connectivity index (χ2n) is 1.93. The molecule has 0 atom stereocenters. The maximum absolute atomic E-state index is 10.5. The van der Waals surface area contributed by atoms with E-state index < -0.39 is 11.9 Å². The molecule has 0 heterocycles. The Balaban J connectivity index is 3.24. The zero-order chi connectivity index (χ0) is 8.69. The van der Waals surface area contributed by atoms with Gasteiger partial charge in [-0.1, -0.05) is 0 Å². The van der Waals surface area contributed by atoms with Crippen LogP contribution in [0.3, 0.4) is 0 Å². The van der Waals surface area contributed by atoms with Crippen LogP contribution in [0.5, 0.6) is 0 Å². The van der Waals surface area contributed by atoms with Gasteiger partial charge < -0.3 is 9.94 Å². The summed E-state index contributed by atoms with van der Waals surface area (Å²) in [4.78, 5) is 24.9. The Labute approximate surface area is 64.3 Å². The molecule has 0 unspecified atom stereocenters. The number of carbonyl (C=O) groups is 2. The van der Waals surface area contributed by atoms with Crippen LogP contribution >= 0.6 is 0 Å². The van der Waals surface area contributed by atoms with E-state index in [4.69, 9.17) is 5.11 Å². The number of carbonyl (C=O) groups excluding carboxylic acids is 1. The monoisotopic (exact) mass is 161 g/mol. The second kappa shape index (κ2) is 5.67. The Morgan fingerprint density at radius 1 is 1.45 bits per heavy atom. The van der Waals surface area contributed by atoms with Gasteiger partial charge in [0, 0.05) is 19.9 Å². The fourth-order valence-corrected chi connectivity index (χ4v) is 0.549. The lowest BCUT2D eigenvalue weighted by Crippen LogP contribution is -2.14. The molecule has 0 spiro atoms. The third-order valence-corrected chi connectivity index (χ3v) is 0.987. The molecule has 0 aliphatic heterocycles. The highest BCUT2D eigenvalue weighted by atomic mass is 16.7. The van der Waals surface area contributed by atoms with Crippen molar-refractivity contribution in [3.05, 3.63) is 0 Å². The highest BCUT2D eigenvalue weighted by Gasteiger charge is 2.03. The van der Waals surface area contributed by atoms with E-state index in [0.29, 0.717) is 6.42 Å². The minimum atomic E-state index is -0.901. The van der Waals surface area contributed by atoms with Crippen LogP contribution < -0.4 is 5.48 Å². The van der Waals surface area contributed by atoms with E-state index in [1.165, 1.54) is 7.05 Å². The minimum absolute atomic E-state index is 0.00118. The third-order valence-electron chi connectivity index (χ3n) is 0.987. The van der Waals surface area contributed by atoms with E-state index in [1.807, 2.05) is 0 Å². The van der Waals surface area contributed by atoms with Crippen LogP contribution in [-0.2, 0) is 14.4 Å². The highest BCUT2D eigenvalue weighted by Crippen LogP contribution is 1.95. The molecule has 11 heavy (non-hydrogen) atoms. The molecule has 0 rings (SSSR count). The van der Waals surface area contributed by atoms with Gasteiger partial charge in [-0.05, 0) is 6.42 Å². The first-order chi connectivity index (χ1) is 5.16. The molecule has 0 amide bonds. The van der Waals surface area contributed by atoms with E-state index >= 15 is 0 Å². The summed E-state index contributed by atoms with van der Waals surface area (Å²) in [5.41, 5.74) is 2.21. The molecule has 0 radical (unpaired) electrons. The van der Waals surface area contributed by atoms with Gasteiger partial charge in [0.05, 0.1) is 0 Å². The van der Waals surface area contributed by atoms with Crippen molar-refractivity contribution in [2.24, 2.45) is 0 Å². The Morgan fingerprint density at radius 2 is 2.09 bits per heavy atom. The van der Waals surface area contributed by atoms with E-state index in [9.17, 15) is 9.59 Å². The molecular weight excluding hydrogens is 150 g/mol. The molecule has 0 aliphatic carbocycles. The number of carboxylic acid groups (broad SMARTS) is 1. The Kier molecular flexibility index (Phi) is 5.10. The molecule has 0 bridgehead atoms. The van der Waals surface area contributed by atoms with Crippen LogP contribution in [0.25, 0.3) is 0 Å². The molecule has 5 nitrogen and oxygen atoms in total. The third kappa shape index (κ3) is 6.79. The Bertz CT molecular complexity index is 146. The van der Waals surface area contributed by atoms with Crippen molar-refractivity contribution in [3.63, 3.8) is 0 Å². The highest BCUT2D eigenvalue weighted by molar-refractivity contribution is 5.71. The lowest BCUT2D eigenvalue weighted by molar-refractivity contribution is -0.150. The van der Waals surface area contributed by atoms with Crippen molar-refractivity contribution in [1.82, 2.24) is 5.48 Å². The first-order valence-corrected chi connectivity index (χ1v) is 3.25. The molecule has 0 aliphatic rings. The van der Waals surface area contributed by atoms with Crippen LogP contribution in [0.1, 0.15) is 19.3 Å². The first kappa shape index (κ1) is 9.90. The lowest BCUT2D eigenvalue weighted by atomic mass is 10.2. The average Bonchev–Trinajstić information content (AvgIpc) is 1.87. The molecule has 64 valence electrons. The standard InChI is InChI=1S/C6H11NO4/c1-7-11-6(10)4-2-3-5(8)9/h7H,2-4H2,1H3,(H,8,9). The zero-order valence-corrected chi connectivity index (χ0v) is 6.29. The van der Waals surface area contributed by atoms with Crippen molar-refractivity contribution in [2.45, 2.75) is 19.3 Å². The van der Waals surface area contributed by atoms with Gasteiger partial charge in [0.1, 0.15) is 0 Å².